The Morgan fingerprint density at radius 1 is 1.19 bits per heavy atom. The second kappa shape index (κ2) is 5.84. The Morgan fingerprint density at radius 2 is 2.00 bits per heavy atom. The molecule has 0 radical (unpaired) electrons. The molecule has 4 heteroatoms. The minimum absolute atomic E-state index is 0.255. The number of hydrogen-bond acceptors (Lipinski definition) is 3. The number of benzene rings is 2. The Kier molecular flexibility index (Phi) is 3.90. The molecule has 0 amide bonds. The predicted octanol–water partition coefficient (Wildman–Crippen LogP) is 4.33. The minimum atomic E-state index is -0.623. The van der Waals surface area contributed by atoms with Crippen molar-refractivity contribution in [2.24, 2.45) is 0 Å². The molecular weight excluding hydrogens is 287 g/mol. The molecule has 0 fully saturated rings. The van der Waals surface area contributed by atoms with E-state index in [1.807, 2.05) is 30.3 Å². The Labute approximate surface area is 126 Å². The van der Waals surface area contributed by atoms with Crippen molar-refractivity contribution in [1.29, 1.82) is 0 Å². The number of ether oxygens (including phenoxy) is 1. The molecule has 0 aliphatic carbocycles. The Hall–Kier alpha value is -1.91. The first-order valence-corrected chi connectivity index (χ1v) is 7.48. The summed E-state index contributed by atoms with van der Waals surface area (Å²) in [6, 6.07) is 14.2. The molecule has 108 valence electrons. The number of para-hydroxylation sites is 1. The van der Waals surface area contributed by atoms with E-state index in [-0.39, 0.29) is 5.82 Å². The number of thiophene rings is 1. The molecule has 2 nitrogen and oxygen atoms in total. The van der Waals surface area contributed by atoms with Crippen LogP contribution in [-0.2, 0) is 6.42 Å². The summed E-state index contributed by atoms with van der Waals surface area (Å²) in [6.45, 7) is 0. The second-order valence-electron chi connectivity index (χ2n) is 4.86. The lowest BCUT2D eigenvalue weighted by molar-refractivity contribution is 0.181. The zero-order valence-corrected chi connectivity index (χ0v) is 12.4. The van der Waals surface area contributed by atoms with E-state index in [2.05, 4.69) is 0 Å². The summed E-state index contributed by atoms with van der Waals surface area (Å²) in [7, 11) is 1.62. The van der Waals surface area contributed by atoms with Crippen molar-refractivity contribution in [3.63, 3.8) is 0 Å². The van der Waals surface area contributed by atoms with Gasteiger partial charge in [-0.2, -0.15) is 0 Å². The van der Waals surface area contributed by atoms with Gasteiger partial charge in [0.05, 0.1) is 13.2 Å². The summed E-state index contributed by atoms with van der Waals surface area (Å²) in [6.07, 6.45) is -0.152. The number of halogens is 1. The van der Waals surface area contributed by atoms with E-state index in [4.69, 9.17) is 4.74 Å². The molecule has 0 aliphatic rings. The summed E-state index contributed by atoms with van der Waals surface area (Å²) in [5.74, 6) is 0.513. The second-order valence-corrected chi connectivity index (χ2v) is 5.98. The van der Waals surface area contributed by atoms with Gasteiger partial charge in [0.1, 0.15) is 11.6 Å². The van der Waals surface area contributed by atoms with Gasteiger partial charge in [0.25, 0.3) is 0 Å². The summed E-state index contributed by atoms with van der Waals surface area (Å²) in [4.78, 5) is 0.835. The minimum Gasteiger partial charge on any atom is -0.496 e. The topological polar surface area (TPSA) is 29.5 Å². The molecule has 1 atom stereocenters. The van der Waals surface area contributed by atoms with Crippen molar-refractivity contribution >= 4 is 21.4 Å². The highest BCUT2D eigenvalue weighted by Crippen LogP contribution is 2.33. The van der Waals surface area contributed by atoms with Crippen molar-refractivity contribution < 1.29 is 14.2 Å². The lowest BCUT2D eigenvalue weighted by Crippen LogP contribution is -2.01. The smallest absolute Gasteiger partial charge is 0.124 e. The van der Waals surface area contributed by atoms with Gasteiger partial charge in [0, 0.05) is 16.0 Å². The lowest BCUT2D eigenvalue weighted by Gasteiger charge is -2.11. The molecule has 1 unspecified atom stereocenters. The average Bonchev–Trinajstić information content (AvgIpc) is 2.91. The van der Waals surface area contributed by atoms with Crippen LogP contribution in [0.15, 0.2) is 48.5 Å². The Bertz CT molecular complexity index is 766. The zero-order valence-electron chi connectivity index (χ0n) is 11.5. The van der Waals surface area contributed by atoms with Crippen molar-refractivity contribution in [1.82, 2.24) is 0 Å². The third-order valence-electron chi connectivity index (χ3n) is 3.44. The first-order chi connectivity index (χ1) is 10.2. The largest absolute Gasteiger partial charge is 0.496 e. The van der Waals surface area contributed by atoms with Crippen LogP contribution in [0.2, 0.25) is 0 Å². The van der Waals surface area contributed by atoms with E-state index in [1.54, 1.807) is 13.2 Å². The quantitative estimate of drug-likeness (QED) is 0.777. The van der Waals surface area contributed by atoms with Crippen LogP contribution in [0.4, 0.5) is 4.39 Å². The van der Waals surface area contributed by atoms with Gasteiger partial charge in [-0.15, -0.1) is 11.3 Å². The van der Waals surface area contributed by atoms with Gasteiger partial charge < -0.3 is 9.84 Å². The summed E-state index contributed by atoms with van der Waals surface area (Å²) < 4.78 is 19.4. The van der Waals surface area contributed by atoms with Crippen LogP contribution in [-0.4, -0.2) is 12.2 Å². The van der Waals surface area contributed by atoms with E-state index in [0.717, 1.165) is 26.3 Å². The molecule has 2 aromatic carbocycles. The summed E-state index contributed by atoms with van der Waals surface area (Å²) in [5.41, 5.74) is 0.955. The number of fused-ring (bicyclic) bond motifs is 1. The van der Waals surface area contributed by atoms with Crippen LogP contribution in [0.5, 0.6) is 5.75 Å². The fraction of sp³-hybridized carbons (Fsp3) is 0.176. The van der Waals surface area contributed by atoms with E-state index < -0.39 is 6.10 Å². The maximum absolute atomic E-state index is 13.2. The third-order valence-corrected chi connectivity index (χ3v) is 4.63. The van der Waals surface area contributed by atoms with Crippen molar-refractivity contribution in [3.05, 3.63) is 64.8 Å². The molecule has 1 aromatic heterocycles. The van der Waals surface area contributed by atoms with Crippen LogP contribution in [0.1, 0.15) is 16.5 Å². The fourth-order valence-corrected chi connectivity index (χ4v) is 3.45. The number of hydrogen-bond donors (Lipinski definition) is 1. The van der Waals surface area contributed by atoms with Crippen molar-refractivity contribution in [3.8, 4) is 5.75 Å². The van der Waals surface area contributed by atoms with E-state index >= 15 is 0 Å². The molecular formula is C17H15FO2S. The SMILES string of the molecule is COc1ccccc1CC(O)c1cc2ccc(F)cc2s1. The monoisotopic (exact) mass is 302 g/mol. The van der Waals surface area contributed by atoms with E-state index in [9.17, 15) is 9.50 Å². The first-order valence-electron chi connectivity index (χ1n) is 6.66. The van der Waals surface area contributed by atoms with Gasteiger partial charge in [-0.05, 0) is 35.2 Å². The summed E-state index contributed by atoms with van der Waals surface area (Å²) >= 11 is 1.42. The highest BCUT2D eigenvalue weighted by Gasteiger charge is 2.14. The molecule has 1 heterocycles. The summed E-state index contributed by atoms with van der Waals surface area (Å²) in [5, 5.41) is 11.4. The number of rotatable bonds is 4. The van der Waals surface area contributed by atoms with Crippen LogP contribution in [0.25, 0.3) is 10.1 Å². The van der Waals surface area contributed by atoms with Gasteiger partial charge in [-0.1, -0.05) is 24.3 Å². The van der Waals surface area contributed by atoms with E-state index in [1.165, 1.54) is 23.5 Å². The van der Waals surface area contributed by atoms with Crippen LogP contribution >= 0.6 is 11.3 Å². The van der Waals surface area contributed by atoms with Gasteiger partial charge in [-0.25, -0.2) is 4.39 Å². The molecule has 3 aromatic rings. The molecule has 0 aliphatic heterocycles. The zero-order chi connectivity index (χ0) is 14.8. The first kappa shape index (κ1) is 14.0. The van der Waals surface area contributed by atoms with Gasteiger partial charge in [0.2, 0.25) is 0 Å². The molecule has 0 bridgehead atoms. The maximum Gasteiger partial charge on any atom is 0.124 e. The predicted molar refractivity (Wildman–Crippen MR) is 83.4 cm³/mol. The van der Waals surface area contributed by atoms with Crippen LogP contribution in [0, 0.1) is 5.82 Å². The van der Waals surface area contributed by atoms with E-state index in [0.29, 0.717) is 6.42 Å². The van der Waals surface area contributed by atoms with Crippen LogP contribution in [0.3, 0.4) is 0 Å². The highest BCUT2D eigenvalue weighted by atomic mass is 32.1. The van der Waals surface area contributed by atoms with Crippen molar-refractivity contribution in [2.75, 3.05) is 7.11 Å². The standard InChI is InChI=1S/C17H15FO2S/c1-20-15-5-3-2-4-11(15)8-14(19)17-9-12-6-7-13(18)10-16(12)21-17/h2-7,9-10,14,19H,8H2,1H3. The van der Waals surface area contributed by atoms with Crippen LogP contribution < -0.4 is 4.74 Å². The molecule has 0 saturated carbocycles. The number of aliphatic hydroxyl groups excluding tert-OH is 1. The number of methoxy groups -OCH3 is 1. The molecule has 21 heavy (non-hydrogen) atoms. The number of aliphatic hydroxyl groups is 1. The Morgan fingerprint density at radius 3 is 2.81 bits per heavy atom. The van der Waals surface area contributed by atoms with Gasteiger partial charge in [0.15, 0.2) is 0 Å². The molecule has 1 N–H and O–H groups in total. The van der Waals surface area contributed by atoms with Gasteiger partial charge >= 0.3 is 0 Å². The fourth-order valence-electron chi connectivity index (χ4n) is 2.37. The molecule has 0 saturated heterocycles. The molecule has 0 spiro atoms. The maximum atomic E-state index is 13.2. The Balaban J connectivity index is 1.88. The van der Waals surface area contributed by atoms with Crippen molar-refractivity contribution in [2.45, 2.75) is 12.5 Å². The normalized spacial score (nSPS) is 12.5. The molecule has 3 rings (SSSR count). The van der Waals surface area contributed by atoms with Gasteiger partial charge in [-0.3, -0.25) is 0 Å². The lowest BCUT2D eigenvalue weighted by atomic mass is 10.1. The average molecular weight is 302 g/mol. The highest BCUT2D eigenvalue weighted by molar-refractivity contribution is 7.19. The third kappa shape index (κ3) is 2.91.